The Balaban J connectivity index is 1.76. The fraction of sp³-hybridized carbons (Fsp3) is 0.667. The Labute approximate surface area is 123 Å². The number of hydrogen-bond acceptors (Lipinski definition) is 3. The van der Waals surface area contributed by atoms with Gasteiger partial charge in [-0.25, -0.2) is 0 Å². The number of carboxylic acid groups (broad SMARTS) is 1. The van der Waals surface area contributed by atoms with Crippen LogP contribution in [0.4, 0.5) is 0 Å². The van der Waals surface area contributed by atoms with Crippen molar-refractivity contribution in [3.8, 4) is 0 Å². The highest BCUT2D eigenvalue weighted by molar-refractivity contribution is 5.93. The smallest absolute Gasteiger partial charge is 0.308 e. The van der Waals surface area contributed by atoms with Gasteiger partial charge in [0.2, 0.25) is 0 Å². The minimum absolute atomic E-state index is 0.0876. The van der Waals surface area contributed by atoms with Crippen molar-refractivity contribution in [2.75, 3.05) is 13.1 Å². The predicted molar refractivity (Wildman–Crippen MR) is 75.8 cm³/mol. The fourth-order valence-corrected chi connectivity index (χ4v) is 3.32. The molecule has 1 aliphatic carbocycles. The van der Waals surface area contributed by atoms with E-state index >= 15 is 0 Å². The summed E-state index contributed by atoms with van der Waals surface area (Å²) in [6.45, 7) is 3.64. The van der Waals surface area contributed by atoms with Gasteiger partial charge in [-0.1, -0.05) is 6.92 Å². The number of rotatable bonds is 5. The summed E-state index contributed by atoms with van der Waals surface area (Å²) in [7, 11) is 0. The van der Waals surface area contributed by atoms with Gasteiger partial charge in [-0.15, -0.1) is 0 Å². The number of aliphatic carboxylic acids is 1. The molecule has 1 saturated heterocycles. The van der Waals surface area contributed by atoms with Crippen molar-refractivity contribution in [2.24, 2.45) is 17.8 Å². The standard InChI is InChI=1S/C15H21N3O3/c1-2-7-18-13(5-6-16-18)14(19)17-8-11(10-3-4-10)12(9-17)15(20)21/h5-6,10-12H,2-4,7-9H2,1H3,(H,20,21)/t11-,12+/m0/s1. The molecule has 1 amide bonds. The summed E-state index contributed by atoms with van der Waals surface area (Å²) >= 11 is 0. The van der Waals surface area contributed by atoms with Gasteiger partial charge in [-0.05, 0) is 37.2 Å². The van der Waals surface area contributed by atoms with Gasteiger partial charge in [0.15, 0.2) is 0 Å². The minimum Gasteiger partial charge on any atom is -0.481 e. The Morgan fingerprint density at radius 1 is 1.38 bits per heavy atom. The highest BCUT2D eigenvalue weighted by atomic mass is 16.4. The molecule has 2 atom stereocenters. The molecule has 2 fully saturated rings. The molecule has 1 aromatic heterocycles. The molecule has 114 valence electrons. The average Bonchev–Trinajstić information content (AvgIpc) is 3.02. The highest BCUT2D eigenvalue weighted by Crippen LogP contribution is 2.44. The fourth-order valence-electron chi connectivity index (χ4n) is 3.32. The first kappa shape index (κ1) is 14.1. The predicted octanol–water partition coefficient (Wildman–Crippen LogP) is 1.48. The van der Waals surface area contributed by atoms with Gasteiger partial charge in [0, 0.05) is 25.8 Å². The van der Waals surface area contributed by atoms with E-state index in [1.165, 1.54) is 0 Å². The van der Waals surface area contributed by atoms with Crippen LogP contribution in [0.25, 0.3) is 0 Å². The molecule has 1 aliphatic heterocycles. The maximum absolute atomic E-state index is 12.6. The lowest BCUT2D eigenvalue weighted by atomic mass is 9.92. The molecule has 6 nitrogen and oxygen atoms in total. The van der Waals surface area contributed by atoms with Crippen LogP contribution in [-0.2, 0) is 11.3 Å². The van der Waals surface area contributed by atoms with Crippen molar-refractivity contribution in [2.45, 2.75) is 32.7 Å². The van der Waals surface area contributed by atoms with Gasteiger partial charge in [0.25, 0.3) is 5.91 Å². The zero-order valence-corrected chi connectivity index (χ0v) is 12.2. The lowest BCUT2D eigenvalue weighted by Crippen LogP contribution is -2.31. The second-order valence-electron chi connectivity index (χ2n) is 6.10. The van der Waals surface area contributed by atoms with Crippen molar-refractivity contribution in [3.63, 3.8) is 0 Å². The molecule has 3 rings (SSSR count). The quantitative estimate of drug-likeness (QED) is 0.891. The molecular formula is C15H21N3O3. The van der Waals surface area contributed by atoms with Crippen LogP contribution in [0.1, 0.15) is 36.7 Å². The number of aromatic nitrogens is 2. The number of amides is 1. The van der Waals surface area contributed by atoms with E-state index in [1.807, 2.05) is 6.92 Å². The molecule has 1 saturated carbocycles. The van der Waals surface area contributed by atoms with Crippen molar-refractivity contribution in [1.29, 1.82) is 0 Å². The van der Waals surface area contributed by atoms with E-state index in [0.29, 0.717) is 31.2 Å². The number of carbonyl (C=O) groups is 2. The van der Waals surface area contributed by atoms with E-state index in [2.05, 4.69) is 5.10 Å². The zero-order valence-electron chi connectivity index (χ0n) is 12.2. The van der Waals surface area contributed by atoms with Crippen LogP contribution in [0.3, 0.4) is 0 Å². The Morgan fingerprint density at radius 3 is 2.76 bits per heavy atom. The van der Waals surface area contributed by atoms with Gasteiger partial charge in [0.05, 0.1) is 5.92 Å². The Bertz CT molecular complexity index is 550. The third kappa shape index (κ3) is 2.66. The molecule has 0 aromatic carbocycles. The largest absolute Gasteiger partial charge is 0.481 e. The SMILES string of the molecule is CCCn1nccc1C(=O)N1C[C@@H](C(=O)O)[C@H](C2CC2)C1. The Morgan fingerprint density at radius 2 is 2.14 bits per heavy atom. The molecule has 0 unspecified atom stereocenters. The normalized spacial score (nSPS) is 25.3. The van der Waals surface area contributed by atoms with E-state index < -0.39 is 11.9 Å². The summed E-state index contributed by atoms with van der Waals surface area (Å²) in [5.74, 6) is -0.665. The molecule has 6 heteroatoms. The molecular weight excluding hydrogens is 270 g/mol. The van der Waals surface area contributed by atoms with Crippen LogP contribution in [-0.4, -0.2) is 44.8 Å². The maximum Gasteiger partial charge on any atom is 0.308 e. The molecule has 0 bridgehead atoms. The van der Waals surface area contributed by atoms with Crippen molar-refractivity contribution in [1.82, 2.24) is 14.7 Å². The summed E-state index contributed by atoms with van der Waals surface area (Å²) in [5, 5.41) is 13.5. The molecule has 1 N–H and O–H groups in total. The molecule has 0 spiro atoms. The zero-order chi connectivity index (χ0) is 15.0. The average molecular weight is 291 g/mol. The van der Waals surface area contributed by atoms with Gasteiger partial charge in [-0.3, -0.25) is 14.3 Å². The minimum atomic E-state index is -0.774. The first-order chi connectivity index (χ1) is 10.1. The second-order valence-corrected chi connectivity index (χ2v) is 6.10. The second kappa shape index (κ2) is 5.50. The number of hydrogen-bond donors (Lipinski definition) is 1. The number of nitrogens with zero attached hydrogens (tertiary/aromatic N) is 3. The van der Waals surface area contributed by atoms with E-state index in [1.54, 1.807) is 21.8 Å². The molecule has 2 aliphatic rings. The summed E-state index contributed by atoms with van der Waals surface area (Å²) in [4.78, 5) is 25.7. The first-order valence-corrected chi connectivity index (χ1v) is 7.65. The van der Waals surface area contributed by atoms with Crippen molar-refractivity contribution < 1.29 is 14.7 Å². The third-order valence-corrected chi connectivity index (χ3v) is 4.57. The van der Waals surface area contributed by atoms with Crippen molar-refractivity contribution >= 4 is 11.9 Å². The summed E-state index contributed by atoms with van der Waals surface area (Å²) in [6.07, 6.45) is 4.74. The number of carbonyl (C=O) groups excluding carboxylic acids is 1. The van der Waals surface area contributed by atoms with Gasteiger partial charge in [0.1, 0.15) is 5.69 Å². The molecule has 2 heterocycles. The van der Waals surface area contributed by atoms with E-state index in [-0.39, 0.29) is 11.8 Å². The van der Waals surface area contributed by atoms with Gasteiger partial charge < -0.3 is 10.0 Å². The van der Waals surface area contributed by atoms with E-state index in [9.17, 15) is 14.7 Å². The lowest BCUT2D eigenvalue weighted by molar-refractivity contribution is -0.142. The van der Waals surface area contributed by atoms with Crippen LogP contribution in [0, 0.1) is 17.8 Å². The molecule has 0 radical (unpaired) electrons. The van der Waals surface area contributed by atoms with E-state index in [4.69, 9.17) is 0 Å². The Hall–Kier alpha value is -1.85. The van der Waals surface area contributed by atoms with Crippen LogP contribution < -0.4 is 0 Å². The number of likely N-dealkylation sites (tertiary alicyclic amines) is 1. The van der Waals surface area contributed by atoms with Crippen LogP contribution in [0.15, 0.2) is 12.3 Å². The van der Waals surface area contributed by atoms with Crippen molar-refractivity contribution in [3.05, 3.63) is 18.0 Å². The summed E-state index contributed by atoms with van der Waals surface area (Å²) < 4.78 is 1.71. The number of carboxylic acids is 1. The van der Waals surface area contributed by atoms with Crippen LogP contribution >= 0.6 is 0 Å². The highest BCUT2D eigenvalue weighted by Gasteiger charge is 2.47. The van der Waals surface area contributed by atoms with Crippen LogP contribution in [0.2, 0.25) is 0 Å². The van der Waals surface area contributed by atoms with E-state index in [0.717, 1.165) is 19.3 Å². The van der Waals surface area contributed by atoms with Crippen LogP contribution in [0.5, 0.6) is 0 Å². The van der Waals surface area contributed by atoms with Gasteiger partial charge >= 0.3 is 5.97 Å². The summed E-state index contributed by atoms with van der Waals surface area (Å²) in [5.41, 5.74) is 0.567. The maximum atomic E-state index is 12.6. The number of aryl methyl sites for hydroxylation is 1. The Kier molecular flexibility index (Phi) is 3.69. The lowest BCUT2D eigenvalue weighted by Gasteiger charge is -2.17. The molecule has 1 aromatic rings. The molecule has 21 heavy (non-hydrogen) atoms. The third-order valence-electron chi connectivity index (χ3n) is 4.57. The summed E-state index contributed by atoms with van der Waals surface area (Å²) in [6, 6.07) is 1.72. The monoisotopic (exact) mass is 291 g/mol. The topological polar surface area (TPSA) is 75.4 Å². The first-order valence-electron chi connectivity index (χ1n) is 7.65. The van der Waals surface area contributed by atoms with Gasteiger partial charge in [-0.2, -0.15) is 5.10 Å².